The largest absolute Gasteiger partial charge is 0.487 e. The number of benzene rings is 2. The van der Waals surface area contributed by atoms with Gasteiger partial charge < -0.3 is 19.7 Å². The number of rotatable bonds is 3. The molecular weight excluding hydrogens is 417 g/mol. The van der Waals surface area contributed by atoms with Gasteiger partial charge in [0.2, 0.25) is 0 Å². The van der Waals surface area contributed by atoms with E-state index >= 15 is 0 Å². The molecule has 0 radical (unpaired) electrons. The molecule has 3 heterocycles. The highest BCUT2D eigenvalue weighted by Crippen LogP contribution is 2.34. The van der Waals surface area contributed by atoms with Crippen LogP contribution >= 0.6 is 0 Å². The van der Waals surface area contributed by atoms with E-state index in [2.05, 4.69) is 10.4 Å². The highest BCUT2D eigenvalue weighted by atomic mass is 19.1. The maximum absolute atomic E-state index is 13.9. The average molecular weight is 435 g/mol. The SMILES string of the molecule is N#Cc1cc(F)cc([C@@H]2CC=NN2C(=O)N2CC(Oc3ccc4c(c3)NC(=O)CO4)C2)c1. The van der Waals surface area contributed by atoms with E-state index in [1.54, 1.807) is 35.4 Å². The smallest absolute Gasteiger partial charge is 0.341 e. The molecule has 0 bridgehead atoms. The zero-order valence-electron chi connectivity index (χ0n) is 16.8. The Kier molecular flexibility index (Phi) is 4.86. The molecule has 0 spiro atoms. The summed E-state index contributed by atoms with van der Waals surface area (Å²) in [6.45, 7) is 0.717. The molecule has 10 heteroatoms. The third-order valence-corrected chi connectivity index (χ3v) is 5.47. The van der Waals surface area contributed by atoms with E-state index in [-0.39, 0.29) is 30.2 Å². The number of hydrogen-bond donors (Lipinski definition) is 1. The van der Waals surface area contributed by atoms with Crippen LogP contribution in [0.1, 0.15) is 23.6 Å². The maximum atomic E-state index is 13.9. The highest BCUT2D eigenvalue weighted by molar-refractivity contribution is 5.95. The van der Waals surface area contributed by atoms with Crippen molar-refractivity contribution in [1.82, 2.24) is 9.91 Å². The Morgan fingerprint density at radius 2 is 2.12 bits per heavy atom. The summed E-state index contributed by atoms with van der Waals surface area (Å²) in [6.07, 6.45) is 1.84. The number of anilines is 1. The van der Waals surface area contributed by atoms with Crippen molar-refractivity contribution in [3.8, 4) is 17.6 Å². The molecule has 1 saturated heterocycles. The van der Waals surface area contributed by atoms with Gasteiger partial charge in [-0.05, 0) is 35.9 Å². The zero-order chi connectivity index (χ0) is 22.2. The maximum Gasteiger partial charge on any atom is 0.341 e. The molecular formula is C22H18FN5O4. The van der Waals surface area contributed by atoms with E-state index in [1.807, 2.05) is 6.07 Å². The van der Waals surface area contributed by atoms with Gasteiger partial charge in [-0.25, -0.2) is 14.2 Å². The fourth-order valence-electron chi connectivity index (χ4n) is 3.89. The van der Waals surface area contributed by atoms with Crippen LogP contribution in [0, 0.1) is 17.1 Å². The molecule has 9 nitrogen and oxygen atoms in total. The van der Waals surface area contributed by atoms with Gasteiger partial charge in [0, 0.05) is 18.7 Å². The van der Waals surface area contributed by atoms with Crippen LogP contribution in [0.25, 0.3) is 0 Å². The van der Waals surface area contributed by atoms with Crippen LogP contribution in [0.4, 0.5) is 14.9 Å². The molecule has 2 aromatic carbocycles. The zero-order valence-corrected chi connectivity index (χ0v) is 16.8. The number of ether oxygens (including phenoxy) is 2. The van der Waals surface area contributed by atoms with Crippen molar-refractivity contribution in [3.05, 3.63) is 53.3 Å². The first-order chi connectivity index (χ1) is 15.5. The molecule has 3 aliphatic heterocycles. The van der Waals surface area contributed by atoms with E-state index in [0.717, 1.165) is 6.07 Å². The number of carbonyl (C=O) groups excluding carboxylic acids is 2. The van der Waals surface area contributed by atoms with Crippen molar-refractivity contribution in [2.24, 2.45) is 5.10 Å². The average Bonchev–Trinajstić information content (AvgIpc) is 3.25. The summed E-state index contributed by atoms with van der Waals surface area (Å²) in [5.41, 5.74) is 1.27. The number of nitriles is 1. The molecule has 1 atom stereocenters. The summed E-state index contributed by atoms with van der Waals surface area (Å²) in [6, 6.07) is 10.4. The Morgan fingerprint density at radius 3 is 2.94 bits per heavy atom. The van der Waals surface area contributed by atoms with Crippen molar-refractivity contribution in [1.29, 1.82) is 5.26 Å². The van der Waals surface area contributed by atoms with Crippen molar-refractivity contribution in [2.75, 3.05) is 25.0 Å². The Balaban J connectivity index is 1.21. The van der Waals surface area contributed by atoms with E-state index < -0.39 is 11.9 Å². The van der Waals surface area contributed by atoms with E-state index in [1.165, 1.54) is 11.1 Å². The van der Waals surface area contributed by atoms with Gasteiger partial charge in [0.25, 0.3) is 5.91 Å². The fourth-order valence-corrected chi connectivity index (χ4v) is 3.89. The van der Waals surface area contributed by atoms with Crippen LogP contribution in [0.3, 0.4) is 0 Å². The highest BCUT2D eigenvalue weighted by Gasteiger charge is 2.39. The number of fused-ring (bicyclic) bond motifs is 1. The summed E-state index contributed by atoms with van der Waals surface area (Å²) in [5.74, 6) is 0.392. The Labute approximate surface area is 182 Å². The summed E-state index contributed by atoms with van der Waals surface area (Å²) in [7, 11) is 0. The van der Waals surface area contributed by atoms with Gasteiger partial charge in [0.1, 0.15) is 23.4 Å². The standard InChI is InChI=1S/C22H18FN5O4/c23-15-6-13(9-24)5-14(7-15)19-3-4-25-28(19)22(30)27-10-17(11-27)32-16-1-2-20-18(8-16)26-21(29)12-31-20/h1-2,4-8,17,19H,3,10-12H2,(H,26,29)/t19-/m0/s1. The minimum atomic E-state index is -0.526. The van der Waals surface area contributed by atoms with Crippen molar-refractivity contribution in [2.45, 2.75) is 18.6 Å². The number of likely N-dealkylation sites (tertiary alicyclic amines) is 1. The molecule has 5 rings (SSSR count). The molecule has 3 aliphatic rings. The van der Waals surface area contributed by atoms with Crippen LogP contribution in [0.15, 0.2) is 41.5 Å². The second kappa shape index (κ2) is 7.85. The monoisotopic (exact) mass is 435 g/mol. The third kappa shape index (κ3) is 3.69. The lowest BCUT2D eigenvalue weighted by Crippen LogP contribution is -2.58. The van der Waals surface area contributed by atoms with E-state index in [0.29, 0.717) is 42.3 Å². The van der Waals surface area contributed by atoms with Crippen LogP contribution in [-0.4, -0.2) is 53.9 Å². The lowest BCUT2D eigenvalue weighted by molar-refractivity contribution is -0.118. The summed E-state index contributed by atoms with van der Waals surface area (Å²) < 4.78 is 25.1. The predicted octanol–water partition coefficient (Wildman–Crippen LogP) is 2.64. The van der Waals surface area contributed by atoms with Gasteiger partial charge in [0.05, 0.1) is 36.5 Å². The first kappa shape index (κ1) is 19.8. The molecule has 0 aromatic heterocycles. The van der Waals surface area contributed by atoms with Gasteiger partial charge in [-0.15, -0.1) is 0 Å². The molecule has 162 valence electrons. The molecule has 1 fully saturated rings. The number of nitrogens with zero attached hydrogens (tertiary/aromatic N) is 4. The van der Waals surface area contributed by atoms with Gasteiger partial charge in [-0.2, -0.15) is 10.4 Å². The lowest BCUT2D eigenvalue weighted by Gasteiger charge is -2.41. The predicted molar refractivity (Wildman–Crippen MR) is 111 cm³/mol. The van der Waals surface area contributed by atoms with Gasteiger partial charge in [-0.3, -0.25) is 4.79 Å². The minimum Gasteiger partial charge on any atom is -0.487 e. The van der Waals surface area contributed by atoms with Gasteiger partial charge >= 0.3 is 6.03 Å². The molecule has 3 amide bonds. The van der Waals surface area contributed by atoms with Gasteiger partial charge in [0.15, 0.2) is 6.61 Å². The molecule has 0 unspecified atom stereocenters. The number of halogens is 1. The third-order valence-electron chi connectivity index (χ3n) is 5.47. The second-order valence-electron chi connectivity index (χ2n) is 7.70. The van der Waals surface area contributed by atoms with Crippen LogP contribution in [0.2, 0.25) is 0 Å². The molecule has 0 aliphatic carbocycles. The molecule has 1 N–H and O–H groups in total. The Hall–Kier alpha value is -4.13. The van der Waals surface area contributed by atoms with Crippen LogP contribution < -0.4 is 14.8 Å². The number of carbonyl (C=O) groups is 2. The number of hydrogen-bond acceptors (Lipinski definition) is 6. The summed E-state index contributed by atoms with van der Waals surface area (Å²) >= 11 is 0. The normalized spacial score (nSPS) is 19.5. The number of amides is 3. The fraction of sp³-hybridized carbons (Fsp3) is 0.273. The summed E-state index contributed by atoms with van der Waals surface area (Å²) in [4.78, 5) is 26.0. The van der Waals surface area contributed by atoms with Crippen molar-refractivity contribution >= 4 is 23.8 Å². The Morgan fingerprint density at radius 1 is 1.28 bits per heavy atom. The van der Waals surface area contributed by atoms with Crippen molar-refractivity contribution < 1.29 is 23.5 Å². The number of urea groups is 1. The van der Waals surface area contributed by atoms with E-state index in [4.69, 9.17) is 14.7 Å². The minimum absolute atomic E-state index is 0.0136. The first-order valence-electron chi connectivity index (χ1n) is 10.0. The lowest BCUT2D eigenvalue weighted by atomic mass is 10.0. The van der Waals surface area contributed by atoms with Crippen LogP contribution in [-0.2, 0) is 4.79 Å². The van der Waals surface area contributed by atoms with Crippen molar-refractivity contribution in [3.63, 3.8) is 0 Å². The number of hydrazone groups is 1. The Bertz CT molecular complexity index is 1170. The molecule has 2 aromatic rings. The summed E-state index contributed by atoms with van der Waals surface area (Å²) in [5, 5.41) is 17.3. The first-order valence-corrected chi connectivity index (χ1v) is 10.0. The second-order valence-corrected chi connectivity index (χ2v) is 7.70. The van der Waals surface area contributed by atoms with Gasteiger partial charge in [-0.1, -0.05) is 0 Å². The topological polar surface area (TPSA) is 107 Å². The van der Waals surface area contributed by atoms with Crippen LogP contribution in [0.5, 0.6) is 11.5 Å². The quantitative estimate of drug-likeness (QED) is 0.798. The van der Waals surface area contributed by atoms with E-state index in [9.17, 15) is 14.0 Å². The molecule has 0 saturated carbocycles. The molecule has 32 heavy (non-hydrogen) atoms. The number of nitrogens with one attached hydrogen (secondary N) is 1.